The standard InChI is InChI=1S/C16H9ClF3N2O4/c17-12-7-9(16(18,19)20)1-4-15(12)26-10-2-3-14(22(23)24)11(8-10)13-5-6-25-21-13/h1-4,6-8H,5H2. The lowest BCUT2D eigenvalue weighted by Crippen LogP contribution is -2.05. The third kappa shape index (κ3) is 3.72. The summed E-state index contributed by atoms with van der Waals surface area (Å²) in [4.78, 5) is 15.3. The summed E-state index contributed by atoms with van der Waals surface area (Å²) < 4.78 is 43.5. The normalized spacial score (nSPS) is 13.9. The van der Waals surface area contributed by atoms with Crippen LogP contribution in [0.15, 0.2) is 41.6 Å². The fourth-order valence-corrected chi connectivity index (χ4v) is 2.49. The molecule has 0 spiro atoms. The van der Waals surface area contributed by atoms with Gasteiger partial charge in [-0.15, -0.1) is 0 Å². The largest absolute Gasteiger partial charge is 0.456 e. The first kappa shape index (κ1) is 18.0. The molecule has 2 aromatic carbocycles. The van der Waals surface area contributed by atoms with Crippen molar-refractivity contribution >= 4 is 23.0 Å². The quantitative estimate of drug-likeness (QED) is 0.525. The molecule has 0 atom stereocenters. The van der Waals surface area contributed by atoms with Gasteiger partial charge in [0.1, 0.15) is 11.5 Å². The Balaban J connectivity index is 1.93. The van der Waals surface area contributed by atoms with Gasteiger partial charge in [-0.1, -0.05) is 16.8 Å². The van der Waals surface area contributed by atoms with Crippen LogP contribution in [-0.4, -0.2) is 10.6 Å². The van der Waals surface area contributed by atoms with E-state index >= 15 is 0 Å². The molecule has 0 aromatic heterocycles. The fourth-order valence-electron chi connectivity index (χ4n) is 2.27. The smallest absolute Gasteiger partial charge is 0.416 e. The van der Waals surface area contributed by atoms with Crippen molar-refractivity contribution in [3.8, 4) is 11.5 Å². The average molecular weight is 386 g/mol. The lowest BCUT2D eigenvalue weighted by atomic mass is 10.1. The van der Waals surface area contributed by atoms with Crippen molar-refractivity contribution in [1.29, 1.82) is 0 Å². The summed E-state index contributed by atoms with van der Waals surface area (Å²) in [6.45, 7) is 1.37. The van der Waals surface area contributed by atoms with Gasteiger partial charge in [0, 0.05) is 12.5 Å². The minimum atomic E-state index is -4.53. The zero-order chi connectivity index (χ0) is 18.9. The van der Waals surface area contributed by atoms with Crippen molar-refractivity contribution in [2.75, 3.05) is 0 Å². The maximum Gasteiger partial charge on any atom is 0.416 e. The summed E-state index contributed by atoms with van der Waals surface area (Å²) in [6.07, 6.45) is -4.26. The monoisotopic (exact) mass is 385 g/mol. The zero-order valence-electron chi connectivity index (χ0n) is 12.8. The fraction of sp³-hybridized carbons (Fsp3) is 0.125. The van der Waals surface area contributed by atoms with E-state index in [1.54, 1.807) is 0 Å². The minimum absolute atomic E-state index is 0.0179. The van der Waals surface area contributed by atoms with E-state index in [9.17, 15) is 23.3 Å². The van der Waals surface area contributed by atoms with Gasteiger partial charge in [-0.05, 0) is 30.3 Å². The SMILES string of the molecule is O=[N+]([O-])c1ccc(Oc2ccc(C(F)(F)F)cc2Cl)cc1C1=NO[CH]C1. The number of rotatable bonds is 4. The number of ether oxygens (including phenoxy) is 1. The van der Waals surface area contributed by atoms with Gasteiger partial charge in [0.25, 0.3) is 5.69 Å². The van der Waals surface area contributed by atoms with E-state index in [-0.39, 0.29) is 34.2 Å². The highest BCUT2D eigenvalue weighted by Crippen LogP contribution is 2.37. The van der Waals surface area contributed by atoms with Crippen molar-refractivity contribution in [3.63, 3.8) is 0 Å². The Labute approximate surface area is 149 Å². The number of hydrogen-bond acceptors (Lipinski definition) is 5. The van der Waals surface area contributed by atoms with Crippen LogP contribution in [0.3, 0.4) is 0 Å². The Morgan fingerprint density at radius 3 is 2.58 bits per heavy atom. The van der Waals surface area contributed by atoms with E-state index in [2.05, 4.69) is 5.16 Å². The summed E-state index contributed by atoms with van der Waals surface area (Å²) in [7, 11) is 0. The number of alkyl halides is 3. The molecule has 0 saturated heterocycles. The Hall–Kier alpha value is -2.81. The Bertz CT molecular complexity index is 900. The number of nitro benzene ring substituents is 1. The zero-order valence-corrected chi connectivity index (χ0v) is 13.5. The highest BCUT2D eigenvalue weighted by molar-refractivity contribution is 6.32. The molecule has 0 bridgehead atoms. The van der Waals surface area contributed by atoms with Crippen molar-refractivity contribution < 1.29 is 27.7 Å². The second-order valence-corrected chi connectivity index (χ2v) is 5.60. The summed E-state index contributed by atoms with van der Waals surface area (Å²) >= 11 is 5.85. The Morgan fingerprint density at radius 1 is 1.23 bits per heavy atom. The highest BCUT2D eigenvalue weighted by Gasteiger charge is 2.31. The van der Waals surface area contributed by atoms with Crippen LogP contribution in [0.1, 0.15) is 17.5 Å². The molecule has 0 amide bonds. The molecule has 1 heterocycles. The van der Waals surface area contributed by atoms with Gasteiger partial charge in [0.05, 0.1) is 26.8 Å². The molecular weight excluding hydrogens is 377 g/mol. The van der Waals surface area contributed by atoms with E-state index in [0.717, 1.165) is 18.2 Å². The molecule has 0 saturated carbocycles. The summed E-state index contributed by atoms with van der Waals surface area (Å²) in [5.41, 5.74) is -0.592. The molecule has 1 aliphatic heterocycles. The molecule has 135 valence electrons. The van der Waals surface area contributed by atoms with Crippen LogP contribution in [0.5, 0.6) is 11.5 Å². The first-order valence-corrected chi connectivity index (χ1v) is 7.51. The molecule has 26 heavy (non-hydrogen) atoms. The number of nitrogens with zero attached hydrogens (tertiary/aromatic N) is 2. The van der Waals surface area contributed by atoms with E-state index in [4.69, 9.17) is 21.2 Å². The highest BCUT2D eigenvalue weighted by atomic mass is 35.5. The van der Waals surface area contributed by atoms with Crippen LogP contribution >= 0.6 is 11.6 Å². The average Bonchev–Trinajstić information content (AvgIpc) is 3.10. The third-order valence-electron chi connectivity index (χ3n) is 3.48. The third-order valence-corrected chi connectivity index (χ3v) is 3.77. The van der Waals surface area contributed by atoms with Crippen LogP contribution in [0.4, 0.5) is 18.9 Å². The molecule has 0 fully saturated rings. The van der Waals surface area contributed by atoms with E-state index < -0.39 is 16.7 Å². The first-order valence-electron chi connectivity index (χ1n) is 7.13. The lowest BCUT2D eigenvalue weighted by Gasteiger charge is -2.12. The van der Waals surface area contributed by atoms with Crippen LogP contribution in [-0.2, 0) is 11.0 Å². The Kier molecular flexibility index (Phi) is 4.73. The van der Waals surface area contributed by atoms with Crippen molar-refractivity contribution in [3.05, 3.63) is 69.3 Å². The number of halogens is 4. The van der Waals surface area contributed by atoms with Gasteiger partial charge in [0.15, 0.2) is 6.61 Å². The van der Waals surface area contributed by atoms with Crippen LogP contribution < -0.4 is 4.74 Å². The van der Waals surface area contributed by atoms with E-state index in [1.807, 2.05) is 0 Å². The van der Waals surface area contributed by atoms with Crippen LogP contribution in [0.25, 0.3) is 0 Å². The van der Waals surface area contributed by atoms with E-state index in [1.165, 1.54) is 24.8 Å². The molecule has 0 N–H and O–H groups in total. The lowest BCUT2D eigenvalue weighted by molar-refractivity contribution is -0.385. The summed E-state index contributed by atoms with van der Waals surface area (Å²) in [5.74, 6) is 0.137. The molecule has 1 aliphatic rings. The minimum Gasteiger partial charge on any atom is -0.456 e. The van der Waals surface area contributed by atoms with Crippen molar-refractivity contribution in [2.24, 2.45) is 5.16 Å². The van der Waals surface area contributed by atoms with Crippen LogP contribution in [0, 0.1) is 16.7 Å². The van der Waals surface area contributed by atoms with Crippen LogP contribution in [0.2, 0.25) is 5.02 Å². The summed E-state index contributed by atoms with van der Waals surface area (Å²) in [5, 5.41) is 14.6. The van der Waals surface area contributed by atoms with E-state index in [0.29, 0.717) is 5.71 Å². The van der Waals surface area contributed by atoms with Gasteiger partial charge in [0.2, 0.25) is 0 Å². The topological polar surface area (TPSA) is 74.0 Å². The second-order valence-electron chi connectivity index (χ2n) is 5.20. The van der Waals surface area contributed by atoms with Gasteiger partial charge in [-0.2, -0.15) is 13.2 Å². The maximum absolute atomic E-state index is 12.7. The molecular formula is C16H9ClF3N2O4. The molecule has 1 radical (unpaired) electrons. The van der Waals surface area contributed by atoms with Gasteiger partial charge < -0.3 is 9.57 Å². The molecule has 3 rings (SSSR count). The van der Waals surface area contributed by atoms with Gasteiger partial charge >= 0.3 is 6.18 Å². The summed E-state index contributed by atoms with van der Waals surface area (Å²) in [6, 6.07) is 6.54. The predicted octanol–water partition coefficient (Wildman–Crippen LogP) is 5.35. The van der Waals surface area contributed by atoms with Crippen molar-refractivity contribution in [1.82, 2.24) is 0 Å². The second kappa shape index (κ2) is 6.83. The first-order chi connectivity index (χ1) is 12.3. The van der Waals surface area contributed by atoms with Crippen molar-refractivity contribution in [2.45, 2.75) is 12.6 Å². The molecule has 10 heteroatoms. The maximum atomic E-state index is 12.7. The number of oxime groups is 1. The molecule has 0 aliphatic carbocycles. The Morgan fingerprint density at radius 2 is 2.00 bits per heavy atom. The molecule has 0 unspecified atom stereocenters. The predicted molar refractivity (Wildman–Crippen MR) is 86.2 cm³/mol. The number of nitro groups is 1. The van der Waals surface area contributed by atoms with Gasteiger partial charge in [-0.3, -0.25) is 10.1 Å². The molecule has 2 aromatic rings. The number of benzene rings is 2. The van der Waals surface area contributed by atoms with Gasteiger partial charge in [-0.25, -0.2) is 0 Å². The molecule has 6 nitrogen and oxygen atoms in total. The number of hydrogen-bond donors (Lipinski definition) is 0.